The van der Waals surface area contributed by atoms with Crippen LogP contribution in [0, 0.1) is 5.82 Å². The van der Waals surface area contributed by atoms with Crippen LogP contribution in [-0.4, -0.2) is 19.9 Å². The van der Waals surface area contributed by atoms with Crippen LogP contribution in [0.1, 0.15) is 13.8 Å². The third-order valence-electron chi connectivity index (χ3n) is 2.35. The van der Waals surface area contributed by atoms with E-state index in [9.17, 15) is 17.6 Å². The summed E-state index contributed by atoms with van der Waals surface area (Å²) in [6.45, 7) is 2.57. The molecule has 0 heterocycles. The first-order valence-corrected chi connectivity index (χ1v) is 6.92. The molecule has 1 aromatic carbocycles. The van der Waals surface area contributed by atoms with Crippen molar-refractivity contribution in [1.29, 1.82) is 0 Å². The number of carbonyl (C=O) groups is 1. The largest absolute Gasteiger partial charge is 0.396 e. The monoisotopic (exact) mass is 309 g/mol. The van der Waals surface area contributed by atoms with E-state index < -0.39 is 32.2 Å². The number of anilines is 1. The van der Waals surface area contributed by atoms with Crippen LogP contribution in [0.2, 0.25) is 5.02 Å². The van der Waals surface area contributed by atoms with Crippen molar-refractivity contribution in [3.63, 3.8) is 0 Å². The molecule has 0 aliphatic carbocycles. The SMILES string of the molecule is CC(C)(NS(=O)(=O)c1cc(N)c(F)cc1Cl)C(N)=O. The highest BCUT2D eigenvalue weighted by atomic mass is 35.5. The molecule has 19 heavy (non-hydrogen) atoms. The summed E-state index contributed by atoms with van der Waals surface area (Å²) in [5.41, 5.74) is 8.46. The first-order chi connectivity index (χ1) is 8.47. The zero-order valence-electron chi connectivity index (χ0n) is 10.2. The Labute approximate surface area is 115 Å². The molecule has 0 atom stereocenters. The van der Waals surface area contributed by atoms with Gasteiger partial charge in [0.2, 0.25) is 15.9 Å². The first kappa shape index (κ1) is 15.7. The van der Waals surface area contributed by atoms with E-state index in [2.05, 4.69) is 4.72 Å². The van der Waals surface area contributed by atoms with E-state index in [1.807, 2.05) is 0 Å². The van der Waals surface area contributed by atoms with Crippen molar-refractivity contribution >= 4 is 33.2 Å². The van der Waals surface area contributed by atoms with Gasteiger partial charge < -0.3 is 11.5 Å². The molecule has 106 valence electrons. The van der Waals surface area contributed by atoms with E-state index in [0.29, 0.717) is 0 Å². The van der Waals surface area contributed by atoms with Gasteiger partial charge in [0.15, 0.2) is 0 Å². The minimum atomic E-state index is -4.16. The first-order valence-electron chi connectivity index (χ1n) is 5.06. The van der Waals surface area contributed by atoms with Crippen molar-refractivity contribution in [2.24, 2.45) is 5.73 Å². The lowest BCUT2D eigenvalue weighted by Gasteiger charge is -2.22. The molecule has 0 radical (unpaired) electrons. The van der Waals surface area contributed by atoms with Crippen LogP contribution < -0.4 is 16.2 Å². The number of nitrogen functional groups attached to an aromatic ring is 1. The molecule has 0 unspecified atom stereocenters. The summed E-state index contributed by atoms with van der Waals surface area (Å²) in [5.74, 6) is -1.71. The number of rotatable bonds is 4. The molecule has 0 saturated carbocycles. The van der Waals surface area contributed by atoms with Gasteiger partial charge >= 0.3 is 0 Å². The number of primary amides is 1. The van der Waals surface area contributed by atoms with E-state index >= 15 is 0 Å². The molecule has 9 heteroatoms. The van der Waals surface area contributed by atoms with Crippen molar-refractivity contribution < 1.29 is 17.6 Å². The number of carbonyl (C=O) groups excluding carboxylic acids is 1. The maximum absolute atomic E-state index is 13.1. The van der Waals surface area contributed by atoms with Crippen molar-refractivity contribution in [3.8, 4) is 0 Å². The Morgan fingerprint density at radius 3 is 2.42 bits per heavy atom. The van der Waals surface area contributed by atoms with E-state index in [4.69, 9.17) is 23.1 Å². The summed E-state index contributed by atoms with van der Waals surface area (Å²) in [6.07, 6.45) is 0. The molecule has 0 aromatic heterocycles. The maximum Gasteiger partial charge on any atom is 0.243 e. The van der Waals surface area contributed by atoms with Gasteiger partial charge in [-0.1, -0.05) is 11.6 Å². The fourth-order valence-corrected chi connectivity index (χ4v) is 3.13. The fourth-order valence-electron chi connectivity index (χ4n) is 1.19. The minimum Gasteiger partial charge on any atom is -0.396 e. The van der Waals surface area contributed by atoms with E-state index in [1.54, 1.807) is 0 Å². The Morgan fingerprint density at radius 2 is 1.95 bits per heavy atom. The molecule has 1 amide bonds. The molecule has 0 fully saturated rings. The second kappa shape index (κ2) is 4.95. The molecule has 1 rings (SSSR count). The number of amides is 1. The molecule has 0 aliphatic heterocycles. The average molecular weight is 310 g/mol. The summed E-state index contributed by atoms with van der Waals surface area (Å²) in [7, 11) is -4.16. The van der Waals surface area contributed by atoms with Crippen LogP contribution in [0.25, 0.3) is 0 Å². The van der Waals surface area contributed by atoms with Gasteiger partial charge in [0.05, 0.1) is 10.7 Å². The molecule has 6 nitrogen and oxygen atoms in total. The molecular formula is C10H13ClFN3O3S. The predicted octanol–water partition coefficient (Wildman–Crippen LogP) is 0.604. The normalized spacial score (nSPS) is 12.4. The average Bonchev–Trinajstić information content (AvgIpc) is 2.21. The Hall–Kier alpha value is -1.38. The van der Waals surface area contributed by atoms with Gasteiger partial charge in [-0.05, 0) is 26.0 Å². The number of hydrogen-bond donors (Lipinski definition) is 3. The second-order valence-corrected chi connectivity index (χ2v) is 6.46. The molecule has 0 bridgehead atoms. The summed E-state index contributed by atoms with van der Waals surface area (Å²) in [5, 5.41) is -0.348. The quantitative estimate of drug-likeness (QED) is 0.706. The fraction of sp³-hybridized carbons (Fsp3) is 0.300. The molecule has 5 N–H and O–H groups in total. The Bertz CT molecular complexity index is 631. The molecule has 1 aromatic rings. The molecular weight excluding hydrogens is 297 g/mol. The summed E-state index contributed by atoms with van der Waals surface area (Å²) in [6, 6.07) is 1.65. The Balaban J connectivity index is 3.30. The number of sulfonamides is 1. The molecule has 0 saturated heterocycles. The van der Waals surface area contributed by atoms with Gasteiger partial charge in [0.1, 0.15) is 16.3 Å². The Kier molecular flexibility index (Phi) is 4.08. The van der Waals surface area contributed by atoms with E-state index in [-0.39, 0.29) is 10.7 Å². The van der Waals surface area contributed by atoms with Crippen LogP contribution in [-0.2, 0) is 14.8 Å². The number of nitrogens with two attached hydrogens (primary N) is 2. The van der Waals surface area contributed by atoms with Gasteiger partial charge in [0.25, 0.3) is 0 Å². The van der Waals surface area contributed by atoms with Crippen molar-refractivity contribution in [2.45, 2.75) is 24.3 Å². The summed E-state index contributed by atoms with van der Waals surface area (Å²) in [4.78, 5) is 10.7. The number of hydrogen-bond acceptors (Lipinski definition) is 4. The van der Waals surface area contributed by atoms with Gasteiger partial charge in [0, 0.05) is 0 Å². The van der Waals surface area contributed by atoms with Crippen molar-refractivity contribution in [1.82, 2.24) is 4.72 Å². The van der Waals surface area contributed by atoms with E-state index in [0.717, 1.165) is 12.1 Å². The number of nitrogens with one attached hydrogen (secondary N) is 1. The molecule has 0 spiro atoms. The van der Waals surface area contributed by atoms with Gasteiger partial charge in [-0.25, -0.2) is 12.8 Å². The zero-order valence-corrected chi connectivity index (χ0v) is 11.8. The van der Waals surface area contributed by atoms with Gasteiger partial charge in [-0.15, -0.1) is 0 Å². The van der Waals surface area contributed by atoms with Gasteiger partial charge in [-0.2, -0.15) is 4.72 Å². The third-order valence-corrected chi connectivity index (χ3v) is 4.47. The molecule has 0 aliphatic rings. The predicted molar refractivity (Wildman–Crippen MR) is 69.4 cm³/mol. The van der Waals surface area contributed by atoms with Crippen LogP contribution in [0.15, 0.2) is 17.0 Å². The van der Waals surface area contributed by atoms with Gasteiger partial charge in [-0.3, -0.25) is 4.79 Å². The van der Waals surface area contributed by atoms with Crippen LogP contribution in [0.5, 0.6) is 0 Å². The smallest absolute Gasteiger partial charge is 0.243 e. The van der Waals surface area contributed by atoms with E-state index in [1.165, 1.54) is 13.8 Å². The third kappa shape index (κ3) is 3.34. The maximum atomic E-state index is 13.1. The number of benzene rings is 1. The Morgan fingerprint density at radius 1 is 1.42 bits per heavy atom. The topological polar surface area (TPSA) is 115 Å². The van der Waals surface area contributed by atoms with Crippen molar-refractivity contribution in [3.05, 3.63) is 23.0 Å². The standard InChI is InChI=1S/C10H13ClFN3O3S/c1-10(2,9(14)16)15-19(17,18)8-4-7(13)6(12)3-5(8)11/h3-4,15H,13H2,1-2H3,(H2,14,16). The van der Waals surface area contributed by atoms with Crippen LogP contribution in [0.3, 0.4) is 0 Å². The summed E-state index contributed by atoms with van der Waals surface area (Å²) >= 11 is 5.66. The summed E-state index contributed by atoms with van der Waals surface area (Å²) < 4.78 is 39.3. The second-order valence-electron chi connectivity index (χ2n) is 4.40. The zero-order chi connectivity index (χ0) is 15.0. The highest BCUT2D eigenvalue weighted by Gasteiger charge is 2.32. The lowest BCUT2D eigenvalue weighted by Crippen LogP contribution is -2.52. The number of halogens is 2. The lowest BCUT2D eigenvalue weighted by molar-refractivity contribution is -0.122. The van der Waals surface area contributed by atoms with Crippen molar-refractivity contribution in [2.75, 3.05) is 5.73 Å². The van der Waals surface area contributed by atoms with Crippen LogP contribution in [0.4, 0.5) is 10.1 Å². The van der Waals surface area contributed by atoms with Crippen LogP contribution >= 0.6 is 11.6 Å². The minimum absolute atomic E-state index is 0.348. The highest BCUT2D eigenvalue weighted by molar-refractivity contribution is 7.89. The highest BCUT2D eigenvalue weighted by Crippen LogP contribution is 2.27. The lowest BCUT2D eigenvalue weighted by atomic mass is 10.1.